The summed E-state index contributed by atoms with van der Waals surface area (Å²) in [6.45, 7) is 3.38. The predicted octanol–water partition coefficient (Wildman–Crippen LogP) is 0.697. The molecule has 2 fully saturated rings. The van der Waals surface area contributed by atoms with Crippen LogP contribution in [0.2, 0.25) is 0 Å². The molecule has 2 aliphatic rings. The molecule has 0 radical (unpaired) electrons. The second-order valence-corrected chi connectivity index (χ2v) is 8.02. The average molecular weight is 350 g/mol. The summed E-state index contributed by atoms with van der Waals surface area (Å²) in [5.41, 5.74) is 0. The summed E-state index contributed by atoms with van der Waals surface area (Å²) in [6.07, 6.45) is 0. The van der Waals surface area contributed by atoms with E-state index in [2.05, 4.69) is 5.32 Å². The van der Waals surface area contributed by atoms with Crippen LogP contribution in [-0.4, -0.2) is 56.6 Å². The van der Waals surface area contributed by atoms with E-state index in [0.717, 1.165) is 0 Å². The molecule has 1 aromatic carbocycles. The lowest BCUT2D eigenvalue weighted by Gasteiger charge is -2.43. The number of para-hydroxylation sites is 1. The van der Waals surface area contributed by atoms with E-state index in [1.165, 1.54) is 16.7 Å². The summed E-state index contributed by atoms with van der Waals surface area (Å²) >= 11 is 1.39. The summed E-state index contributed by atoms with van der Waals surface area (Å²) in [4.78, 5) is 37.0. The van der Waals surface area contributed by atoms with Gasteiger partial charge in [0.05, 0.1) is 0 Å². The lowest BCUT2D eigenvalue weighted by molar-refractivity contribution is -0.161. The number of rotatable bonds is 5. The lowest BCUT2D eigenvalue weighted by atomic mass is 9.96. The Morgan fingerprint density at radius 2 is 2.00 bits per heavy atom. The maximum Gasteiger partial charge on any atom is 0.327 e. The largest absolute Gasteiger partial charge is 0.484 e. The molecular weight excluding hydrogens is 332 g/mol. The monoisotopic (exact) mass is 350 g/mol. The molecule has 2 saturated heterocycles. The Kier molecular flexibility index (Phi) is 4.16. The number of thioether (sulfide) groups is 1. The maximum absolute atomic E-state index is 12.2. The van der Waals surface area contributed by atoms with Crippen LogP contribution in [0.25, 0.3) is 0 Å². The van der Waals surface area contributed by atoms with Gasteiger partial charge in [-0.3, -0.25) is 9.59 Å². The van der Waals surface area contributed by atoms with Gasteiger partial charge in [0.25, 0.3) is 5.91 Å². The molecule has 2 amide bonds. The van der Waals surface area contributed by atoms with Crippen LogP contribution in [0.5, 0.6) is 5.75 Å². The number of fused-ring (bicyclic) bond motifs is 1. The summed E-state index contributed by atoms with van der Waals surface area (Å²) in [5.74, 6) is -1.23. The molecule has 2 heterocycles. The third-order valence-electron chi connectivity index (χ3n) is 4.10. The Bertz CT molecular complexity index is 678. The van der Waals surface area contributed by atoms with Crippen LogP contribution < -0.4 is 10.1 Å². The Hall–Kier alpha value is -2.22. The third-order valence-corrected chi connectivity index (χ3v) is 5.68. The number of nitrogens with zero attached hydrogens (tertiary/aromatic N) is 1. The highest BCUT2D eigenvalue weighted by Gasteiger charge is 2.64. The molecule has 2 N–H and O–H groups in total. The highest BCUT2D eigenvalue weighted by atomic mass is 32.2. The van der Waals surface area contributed by atoms with Crippen molar-refractivity contribution in [2.45, 2.75) is 36.1 Å². The molecule has 0 bridgehead atoms. The molecule has 0 spiro atoms. The number of aliphatic carboxylic acids is 1. The molecule has 128 valence electrons. The zero-order valence-corrected chi connectivity index (χ0v) is 14.1. The van der Waals surface area contributed by atoms with Gasteiger partial charge in [0.2, 0.25) is 5.91 Å². The Labute approximate surface area is 143 Å². The van der Waals surface area contributed by atoms with Crippen molar-refractivity contribution in [1.29, 1.82) is 0 Å². The van der Waals surface area contributed by atoms with Crippen molar-refractivity contribution in [2.24, 2.45) is 0 Å². The number of hydrogen-bond acceptors (Lipinski definition) is 5. The fourth-order valence-corrected chi connectivity index (χ4v) is 4.65. The van der Waals surface area contributed by atoms with Gasteiger partial charge in [-0.25, -0.2) is 4.79 Å². The minimum absolute atomic E-state index is 0.197. The second-order valence-electron chi connectivity index (χ2n) is 6.25. The van der Waals surface area contributed by atoms with E-state index in [4.69, 9.17) is 4.74 Å². The number of carboxylic acids is 1. The van der Waals surface area contributed by atoms with E-state index in [1.54, 1.807) is 38.1 Å². The average Bonchev–Trinajstić information content (AvgIpc) is 2.80. The van der Waals surface area contributed by atoms with Gasteiger partial charge in [0, 0.05) is 4.75 Å². The van der Waals surface area contributed by atoms with Gasteiger partial charge < -0.3 is 20.1 Å². The first-order valence-electron chi connectivity index (χ1n) is 7.51. The van der Waals surface area contributed by atoms with Gasteiger partial charge >= 0.3 is 5.97 Å². The highest BCUT2D eigenvalue weighted by Crippen LogP contribution is 2.50. The summed E-state index contributed by atoms with van der Waals surface area (Å²) in [5, 5.41) is 11.6. The normalized spacial score (nSPS) is 27.2. The smallest absolute Gasteiger partial charge is 0.327 e. The molecule has 0 aliphatic carbocycles. The summed E-state index contributed by atoms with van der Waals surface area (Å²) < 4.78 is 4.74. The number of amides is 2. The molecule has 1 unspecified atom stereocenters. The van der Waals surface area contributed by atoms with E-state index >= 15 is 0 Å². The van der Waals surface area contributed by atoms with Crippen molar-refractivity contribution in [3.05, 3.63) is 30.3 Å². The zero-order valence-electron chi connectivity index (χ0n) is 13.3. The SMILES string of the molecule is CC1(C)SC2[C@H](NC(=O)COc3ccccc3)C(=O)N2[C@H]1C(=O)O. The predicted molar refractivity (Wildman–Crippen MR) is 87.6 cm³/mol. The van der Waals surface area contributed by atoms with Crippen LogP contribution in [0.4, 0.5) is 0 Å². The van der Waals surface area contributed by atoms with Crippen molar-refractivity contribution in [3.63, 3.8) is 0 Å². The zero-order chi connectivity index (χ0) is 17.5. The first-order valence-corrected chi connectivity index (χ1v) is 8.39. The number of ether oxygens (including phenoxy) is 1. The minimum Gasteiger partial charge on any atom is -0.484 e. The number of nitrogens with one attached hydrogen (secondary N) is 1. The summed E-state index contributed by atoms with van der Waals surface area (Å²) in [7, 11) is 0. The van der Waals surface area contributed by atoms with E-state index in [0.29, 0.717) is 5.75 Å². The van der Waals surface area contributed by atoms with Crippen molar-refractivity contribution >= 4 is 29.5 Å². The molecule has 3 atom stereocenters. The number of benzene rings is 1. The van der Waals surface area contributed by atoms with Crippen LogP contribution >= 0.6 is 11.8 Å². The van der Waals surface area contributed by atoms with Gasteiger partial charge in [0.15, 0.2) is 6.61 Å². The van der Waals surface area contributed by atoms with Gasteiger partial charge in [-0.2, -0.15) is 0 Å². The first-order chi connectivity index (χ1) is 11.3. The molecule has 0 saturated carbocycles. The molecule has 7 nitrogen and oxygen atoms in total. The highest BCUT2D eigenvalue weighted by molar-refractivity contribution is 8.01. The molecular formula is C16H18N2O5S. The Morgan fingerprint density at radius 1 is 1.33 bits per heavy atom. The van der Waals surface area contributed by atoms with Crippen molar-refractivity contribution in [1.82, 2.24) is 10.2 Å². The van der Waals surface area contributed by atoms with Gasteiger partial charge in [0.1, 0.15) is 23.2 Å². The van der Waals surface area contributed by atoms with Crippen molar-refractivity contribution in [3.8, 4) is 5.75 Å². The fourth-order valence-electron chi connectivity index (χ4n) is 3.03. The first kappa shape index (κ1) is 16.6. The van der Waals surface area contributed by atoms with Gasteiger partial charge in [-0.1, -0.05) is 18.2 Å². The minimum atomic E-state index is -1.03. The fraction of sp³-hybridized carbons (Fsp3) is 0.438. The lowest BCUT2D eigenvalue weighted by Crippen LogP contribution is -2.70. The van der Waals surface area contributed by atoms with E-state index < -0.39 is 28.7 Å². The van der Waals surface area contributed by atoms with Crippen molar-refractivity contribution in [2.75, 3.05) is 6.61 Å². The van der Waals surface area contributed by atoms with Gasteiger partial charge in [-0.05, 0) is 26.0 Å². The van der Waals surface area contributed by atoms with E-state index in [1.807, 2.05) is 6.07 Å². The number of carbonyl (C=O) groups is 3. The molecule has 24 heavy (non-hydrogen) atoms. The Morgan fingerprint density at radius 3 is 2.62 bits per heavy atom. The second kappa shape index (κ2) is 6.01. The van der Waals surface area contributed by atoms with Crippen LogP contribution in [-0.2, 0) is 14.4 Å². The Balaban J connectivity index is 1.59. The van der Waals surface area contributed by atoms with Gasteiger partial charge in [-0.15, -0.1) is 11.8 Å². The number of hydrogen-bond donors (Lipinski definition) is 2. The molecule has 2 aliphatic heterocycles. The van der Waals surface area contributed by atoms with E-state index in [-0.39, 0.29) is 17.9 Å². The van der Waals surface area contributed by atoms with E-state index in [9.17, 15) is 19.5 Å². The molecule has 0 aromatic heterocycles. The van der Waals surface area contributed by atoms with Crippen LogP contribution in [0.1, 0.15) is 13.8 Å². The maximum atomic E-state index is 12.2. The van der Waals surface area contributed by atoms with Crippen molar-refractivity contribution < 1.29 is 24.2 Å². The molecule has 3 rings (SSSR count). The number of β-lactam (4-membered cyclic amide) rings is 1. The van der Waals surface area contributed by atoms with Crippen LogP contribution in [0, 0.1) is 0 Å². The number of carbonyl (C=O) groups excluding carboxylic acids is 2. The van der Waals surface area contributed by atoms with Crippen LogP contribution in [0.15, 0.2) is 30.3 Å². The molecule has 1 aromatic rings. The third kappa shape index (κ3) is 2.82. The standard InChI is InChI=1S/C16H18N2O5S/c1-16(2)12(15(21)22)18-13(20)11(14(18)24-16)17-10(19)8-23-9-6-4-3-5-7-9/h3-7,11-12,14H,8H2,1-2H3,(H,17,19)(H,21,22)/t11-,12+,14?/m1/s1. The molecule has 8 heteroatoms. The summed E-state index contributed by atoms with van der Waals surface area (Å²) in [6, 6.07) is 7.31. The van der Waals surface area contributed by atoms with Crippen LogP contribution in [0.3, 0.4) is 0 Å². The quantitative estimate of drug-likeness (QED) is 0.759. The topological polar surface area (TPSA) is 95.9 Å². The number of carboxylic acid groups (broad SMARTS) is 1.